The largest absolute Gasteiger partial charge is 0.508 e. The topological polar surface area (TPSA) is 75.5 Å². The van der Waals surface area contributed by atoms with E-state index in [0.717, 1.165) is 34.0 Å². The molecule has 3 rings (SSSR count). The maximum atomic E-state index is 11.4. The molecule has 0 aliphatic rings. The van der Waals surface area contributed by atoms with Crippen LogP contribution in [0.3, 0.4) is 0 Å². The fourth-order valence-electron chi connectivity index (χ4n) is 2.73. The number of aliphatic hydroxyl groups excluding tert-OH is 2. The predicted molar refractivity (Wildman–Crippen MR) is 115 cm³/mol. The average Bonchev–Trinajstić information content (AvgIpc) is 2.72. The van der Waals surface area contributed by atoms with E-state index in [4.69, 9.17) is 14.9 Å². The van der Waals surface area contributed by atoms with E-state index in [1.54, 1.807) is 6.20 Å². The van der Waals surface area contributed by atoms with Gasteiger partial charge in [0.1, 0.15) is 6.61 Å². The number of nitrogens with zero attached hydrogens (tertiary/aromatic N) is 2. The Hall–Kier alpha value is -2.32. The standard InChI is InChI=1S/C19H17N2O.C5H9F3O2.Ir/c1-14-12-20-19(15(2)21-14)17-9-6-10-18(11-17)22-13-16-7-4-3-5-8-16;1-3(9)2-4(10)5(6,7)8;/h3-8,10-12H,13H2,1-2H3;3-4,9-10H,2H2,1H3;/q-1;;. The maximum Gasteiger partial charge on any atom is 0.414 e. The van der Waals surface area contributed by atoms with Gasteiger partial charge in [-0.05, 0) is 26.3 Å². The molecule has 3 aromatic rings. The zero-order chi connectivity index (χ0) is 23.7. The summed E-state index contributed by atoms with van der Waals surface area (Å²) < 4.78 is 40.2. The van der Waals surface area contributed by atoms with Crippen molar-refractivity contribution in [3.63, 3.8) is 0 Å². The first-order chi connectivity index (χ1) is 15.1. The van der Waals surface area contributed by atoms with E-state index in [9.17, 15) is 13.2 Å². The summed E-state index contributed by atoms with van der Waals surface area (Å²) in [6.45, 7) is 5.63. The van der Waals surface area contributed by atoms with E-state index >= 15 is 0 Å². The van der Waals surface area contributed by atoms with Gasteiger partial charge in [-0.15, -0.1) is 29.8 Å². The van der Waals surface area contributed by atoms with Crippen molar-refractivity contribution in [2.75, 3.05) is 0 Å². The number of rotatable bonds is 6. The van der Waals surface area contributed by atoms with E-state index < -0.39 is 24.8 Å². The van der Waals surface area contributed by atoms with Gasteiger partial charge in [0.25, 0.3) is 0 Å². The van der Waals surface area contributed by atoms with Crippen LogP contribution in [0.4, 0.5) is 13.2 Å². The Bertz CT molecular complexity index is 986. The molecule has 9 heteroatoms. The third-order valence-electron chi connectivity index (χ3n) is 4.29. The number of aliphatic hydroxyl groups is 2. The fraction of sp³-hybridized carbons (Fsp3) is 0.333. The van der Waals surface area contributed by atoms with E-state index in [1.165, 1.54) is 6.92 Å². The molecule has 2 atom stereocenters. The van der Waals surface area contributed by atoms with Gasteiger partial charge in [-0.1, -0.05) is 30.3 Å². The van der Waals surface area contributed by atoms with Gasteiger partial charge >= 0.3 is 6.18 Å². The molecule has 2 N–H and O–H groups in total. The van der Waals surface area contributed by atoms with Crippen LogP contribution >= 0.6 is 0 Å². The number of halogens is 3. The number of ether oxygens (including phenoxy) is 1. The van der Waals surface area contributed by atoms with Gasteiger partial charge in [-0.2, -0.15) is 13.2 Å². The molecule has 0 saturated heterocycles. The summed E-state index contributed by atoms with van der Waals surface area (Å²) >= 11 is 0. The Labute approximate surface area is 205 Å². The van der Waals surface area contributed by atoms with E-state index in [0.29, 0.717) is 6.61 Å². The summed E-state index contributed by atoms with van der Waals surface area (Å²) in [7, 11) is 0. The number of hydrogen-bond donors (Lipinski definition) is 2. The van der Waals surface area contributed by atoms with Gasteiger partial charge in [0, 0.05) is 49.9 Å². The summed E-state index contributed by atoms with van der Waals surface area (Å²) in [5.41, 5.74) is 4.70. The number of aryl methyl sites for hydroxylation is 2. The minimum atomic E-state index is -4.61. The molecule has 0 saturated carbocycles. The van der Waals surface area contributed by atoms with Crippen LogP contribution in [0.2, 0.25) is 0 Å². The van der Waals surface area contributed by atoms with Crippen molar-refractivity contribution in [3.05, 3.63) is 77.7 Å². The summed E-state index contributed by atoms with van der Waals surface area (Å²) in [6.07, 6.45) is -7.04. The van der Waals surface area contributed by atoms with Crippen LogP contribution in [0.25, 0.3) is 11.3 Å². The van der Waals surface area contributed by atoms with Crippen molar-refractivity contribution in [1.29, 1.82) is 0 Å². The fourth-order valence-corrected chi connectivity index (χ4v) is 2.73. The van der Waals surface area contributed by atoms with Crippen LogP contribution in [-0.4, -0.2) is 38.6 Å². The molecule has 5 nitrogen and oxygen atoms in total. The van der Waals surface area contributed by atoms with Gasteiger partial charge in [0.05, 0.1) is 11.8 Å². The van der Waals surface area contributed by atoms with Crippen LogP contribution in [0, 0.1) is 19.9 Å². The SMILES string of the molecule is CC(O)CC(O)C(F)(F)F.Cc1cnc(-c2[c-]ccc(OCc3ccccc3)c2)c(C)n1.[Ir]. The van der Waals surface area contributed by atoms with E-state index in [2.05, 4.69) is 16.0 Å². The Morgan fingerprint density at radius 1 is 1.09 bits per heavy atom. The zero-order valence-electron chi connectivity index (χ0n) is 18.4. The minimum Gasteiger partial charge on any atom is -0.508 e. The third kappa shape index (κ3) is 10.0. The summed E-state index contributed by atoms with van der Waals surface area (Å²) in [5, 5.41) is 16.7. The molecule has 0 aliphatic heterocycles. The van der Waals surface area contributed by atoms with Gasteiger partial charge in [-0.3, -0.25) is 4.98 Å². The summed E-state index contributed by atoms with van der Waals surface area (Å²) in [6, 6.07) is 19.0. The summed E-state index contributed by atoms with van der Waals surface area (Å²) in [4.78, 5) is 8.91. The molecule has 0 amide bonds. The smallest absolute Gasteiger partial charge is 0.414 e. The molecule has 0 spiro atoms. The maximum absolute atomic E-state index is 11.4. The van der Waals surface area contributed by atoms with Crippen LogP contribution in [-0.2, 0) is 26.7 Å². The molecule has 0 bridgehead atoms. The zero-order valence-corrected chi connectivity index (χ0v) is 20.8. The molecule has 181 valence electrons. The van der Waals surface area contributed by atoms with Crippen molar-refractivity contribution in [2.45, 2.75) is 52.2 Å². The predicted octanol–water partition coefficient (Wildman–Crippen LogP) is 4.82. The molecule has 2 unspecified atom stereocenters. The minimum absolute atomic E-state index is 0. The molecule has 2 aromatic carbocycles. The number of alkyl halides is 3. The number of benzene rings is 2. The third-order valence-corrected chi connectivity index (χ3v) is 4.29. The van der Waals surface area contributed by atoms with Crippen LogP contribution < -0.4 is 4.74 Å². The monoisotopic (exact) mass is 640 g/mol. The van der Waals surface area contributed by atoms with Crippen LogP contribution in [0.15, 0.2) is 54.7 Å². The first-order valence-corrected chi connectivity index (χ1v) is 9.98. The quantitative estimate of drug-likeness (QED) is 0.379. The van der Waals surface area contributed by atoms with Crippen molar-refractivity contribution in [2.24, 2.45) is 0 Å². The Morgan fingerprint density at radius 2 is 1.76 bits per heavy atom. The van der Waals surface area contributed by atoms with Gasteiger partial charge in [-0.25, -0.2) is 0 Å². The van der Waals surface area contributed by atoms with Crippen molar-refractivity contribution in [1.82, 2.24) is 9.97 Å². The first kappa shape index (κ1) is 28.7. The molecule has 1 heterocycles. The van der Waals surface area contributed by atoms with Gasteiger partial charge in [0.2, 0.25) is 0 Å². The van der Waals surface area contributed by atoms with E-state index in [-0.39, 0.29) is 20.1 Å². The van der Waals surface area contributed by atoms with Crippen molar-refractivity contribution >= 4 is 0 Å². The van der Waals surface area contributed by atoms with Crippen molar-refractivity contribution in [3.8, 4) is 17.0 Å². The Balaban J connectivity index is 0.000000425. The molecule has 0 fully saturated rings. The van der Waals surface area contributed by atoms with E-state index in [1.807, 2.05) is 62.4 Å². The average molecular weight is 640 g/mol. The second-order valence-electron chi connectivity index (χ2n) is 7.30. The van der Waals surface area contributed by atoms with Gasteiger partial charge in [0.15, 0.2) is 6.10 Å². The number of aromatic nitrogens is 2. The Kier molecular flexibility index (Phi) is 11.7. The normalized spacial score (nSPS) is 12.6. The molecular formula is C24H26F3IrN2O3-. The second kappa shape index (κ2) is 13.4. The molecule has 33 heavy (non-hydrogen) atoms. The summed E-state index contributed by atoms with van der Waals surface area (Å²) in [5.74, 6) is 0.805. The molecular weight excluding hydrogens is 613 g/mol. The molecule has 1 radical (unpaired) electrons. The second-order valence-corrected chi connectivity index (χ2v) is 7.30. The Morgan fingerprint density at radius 3 is 2.30 bits per heavy atom. The van der Waals surface area contributed by atoms with Crippen LogP contribution in [0.5, 0.6) is 5.75 Å². The van der Waals surface area contributed by atoms with Crippen LogP contribution in [0.1, 0.15) is 30.3 Å². The molecule has 1 aromatic heterocycles. The number of hydrogen-bond acceptors (Lipinski definition) is 5. The first-order valence-electron chi connectivity index (χ1n) is 9.98. The molecule has 0 aliphatic carbocycles. The van der Waals surface area contributed by atoms with Gasteiger partial charge < -0.3 is 19.9 Å². The van der Waals surface area contributed by atoms with Crippen molar-refractivity contribution < 1.29 is 48.2 Å².